The summed E-state index contributed by atoms with van der Waals surface area (Å²) in [5.74, 6) is -0.303. The lowest BCUT2D eigenvalue weighted by molar-refractivity contribution is -0.145. The SMILES string of the molecule is CCOC(=O)COc1ccccc1/C=N/NC(=O)c1cc2ccccc2o1. The molecule has 2 aromatic carbocycles. The van der Waals surface area contributed by atoms with Crippen LogP contribution < -0.4 is 10.2 Å². The third-order valence-electron chi connectivity index (χ3n) is 3.59. The van der Waals surface area contributed by atoms with Gasteiger partial charge in [-0.2, -0.15) is 5.10 Å². The molecule has 0 saturated carbocycles. The van der Waals surface area contributed by atoms with Crippen LogP contribution in [0.15, 0.2) is 64.1 Å². The number of furan rings is 1. The number of para-hydroxylation sites is 2. The number of ether oxygens (including phenoxy) is 2. The molecule has 0 atom stereocenters. The van der Waals surface area contributed by atoms with Crippen LogP contribution in [0.1, 0.15) is 23.0 Å². The zero-order valence-corrected chi connectivity index (χ0v) is 14.7. The highest BCUT2D eigenvalue weighted by Gasteiger charge is 2.11. The van der Waals surface area contributed by atoms with Gasteiger partial charge in [-0.1, -0.05) is 30.3 Å². The Morgan fingerprint density at radius 1 is 1.15 bits per heavy atom. The number of nitrogens with one attached hydrogen (secondary N) is 1. The summed E-state index contributed by atoms with van der Waals surface area (Å²) in [6.45, 7) is 1.81. The van der Waals surface area contributed by atoms with Crippen molar-refractivity contribution in [2.24, 2.45) is 5.10 Å². The predicted molar refractivity (Wildman–Crippen MR) is 99.8 cm³/mol. The summed E-state index contributed by atoms with van der Waals surface area (Å²) in [7, 11) is 0. The van der Waals surface area contributed by atoms with Crippen molar-refractivity contribution in [3.05, 3.63) is 65.9 Å². The van der Waals surface area contributed by atoms with Gasteiger partial charge in [0, 0.05) is 10.9 Å². The maximum absolute atomic E-state index is 12.2. The van der Waals surface area contributed by atoms with Crippen LogP contribution in [0.3, 0.4) is 0 Å². The number of hydrazone groups is 1. The van der Waals surface area contributed by atoms with E-state index in [4.69, 9.17) is 13.9 Å². The van der Waals surface area contributed by atoms with Crippen molar-refractivity contribution in [3.8, 4) is 5.75 Å². The predicted octanol–water partition coefficient (Wildman–Crippen LogP) is 3.14. The number of benzene rings is 2. The highest BCUT2D eigenvalue weighted by molar-refractivity contribution is 5.96. The fraction of sp³-hybridized carbons (Fsp3) is 0.150. The van der Waals surface area contributed by atoms with E-state index in [1.807, 2.05) is 18.2 Å². The van der Waals surface area contributed by atoms with E-state index in [-0.39, 0.29) is 12.4 Å². The van der Waals surface area contributed by atoms with Crippen molar-refractivity contribution in [2.75, 3.05) is 13.2 Å². The van der Waals surface area contributed by atoms with Gasteiger partial charge in [-0.05, 0) is 31.2 Å². The van der Waals surface area contributed by atoms with Crippen LogP contribution >= 0.6 is 0 Å². The van der Waals surface area contributed by atoms with Gasteiger partial charge in [0.25, 0.3) is 0 Å². The minimum Gasteiger partial charge on any atom is -0.481 e. The zero-order chi connectivity index (χ0) is 19.1. The quantitative estimate of drug-likeness (QED) is 0.394. The molecule has 0 aliphatic carbocycles. The molecule has 3 rings (SSSR count). The fourth-order valence-electron chi connectivity index (χ4n) is 2.37. The summed E-state index contributed by atoms with van der Waals surface area (Å²) in [5.41, 5.74) is 3.64. The number of rotatable bonds is 7. The van der Waals surface area contributed by atoms with Crippen molar-refractivity contribution in [2.45, 2.75) is 6.92 Å². The lowest BCUT2D eigenvalue weighted by Gasteiger charge is -2.08. The molecule has 3 aromatic rings. The molecule has 0 bridgehead atoms. The van der Waals surface area contributed by atoms with E-state index in [2.05, 4.69) is 10.5 Å². The summed E-state index contributed by atoms with van der Waals surface area (Å²) in [5, 5.41) is 4.77. The Morgan fingerprint density at radius 3 is 2.74 bits per heavy atom. The Bertz CT molecular complexity index is 944. The van der Waals surface area contributed by atoms with Crippen molar-refractivity contribution in [3.63, 3.8) is 0 Å². The van der Waals surface area contributed by atoms with Crippen LogP contribution in [0, 0.1) is 0 Å². The maximum atomic E-state index is 12.2. The number of carbonyl (C=O) groups excluding carboxylic acids is 2. The second-order valence-electron chi connectivity index (χ2n) is 5.48. The molecule has 0 aliphatic heterocycles. The van der Waals surface area contributed by atoms with Crippen LogP contribution in [0.4, 0.5) is 0 Å². The van der Waals surface area contributed by atoms with Gasteiger partial charge < -0.3 is 13.9 Å². The molecule has 0 unspecified atom stereocenters. The first-order valence-corrected chi connectivity index (χ1v) is 8.37. The van der Waals surface area contributed by atoms with Crippen LogP contribution in [0.25, 0.3) is 11.0 Å². The summed E-state index contributed by atoms with van der Waals surface area (Å²) in [6.07, 6.45) is 1.43. The molecule has 1 N–H and O–H groups in total. The highest BCUT2D eigenvalue weighted by atomic mass is 16.6. The molecule has 138 valence electrons. The van der Waals surface area contributed by atoms with Crippen LogP contribution in [0.5, 0.6) is 5.75 Å². The molecule has 1 amide bonds. The molecule has 0 spiro atoms. The van der Waals surface area contributed by atoms with Crippen LogP contribution in [0.2, 0.25) is 0 Å². The first kappa shape index (κ1) is 18.2. The number of amides is 1. The molecule has 1 heterocycles. The molecule has 0 fully saturated rings. The lowest BCUT2D eigenvalue weighted by Crippen LogP contribution is -2.17. The monoisotopic (exact) mass is 366 g/mol. The fourth-order valence-corrected chi connectivity index (χ4v) is 2.37. The Labute approximate surface area is 155 Å². The van der Waals surface area contributed by atoms with Gasteiger partial charge in [-0.15, -0.1) is 0 Å². The number of nitrogens with zero attached hydrogens (tertiary/aromatic N) is 1. The highest BCUT2D eigenvalue weighted by Crippen LogP contribution is 2.19. The van der Waals surface area contributed by atoms with Crippen molar-refractivity contribution in [1.29, 1.82) is 0 Å². The van der Waals surface area contributed by atoms with E-state index in [1.165, 1.54) is 6.21 Å². The third kappa shape index (κ3) is 4.72. The number of fused-ring (bicyclic) bond motifs is 1. The Morgan fingerprint density at radius 2 is 1.93 bits per heavy atom. The van der Waals surface area contributed by atoms with Gasteiger partial charge in [0.05, 0.1) is 12.8 Å². The molecule has 7 nitrogen and oxygen atoms in total. The van der Waals surface area contributed by atoms with Gasteiger partial charge in [-0.3, -0.25) is 4.79 Å². The van der Waals surface area contributed by atoms with Crippen molar-refractivity contribution in [1.82, 2.24) is 5.43 Å². The summed E-state index contributed by atoms with van der Waals surface area (Å²) in [6, 6.07) is 16.0. The van der Waals surface area contributed by atoms with Gasteiger partial charge in [-0.25, -0.2) is 10.2 Å². The Hall–Kier alpha value is -3.61. The van der Waals surface area contributed by atoms with Crippen LogP contribution in [-0.4, -0.2) is 31.3 Å². The second kappa shape index (κ2) is 8.66. The molecular weight excluding hydrogens is 348 g/mol. The van der Waals surface area contributed by atoms with Crippen molar-refractivity contribution < 1.29 is 23.5 Å². The smallest absolute Gasteiger partial charge is 0.344 e. The number of esters is 1. The Kier molecular flexibility index (Phi) is 5.84. The standard InChI is InChI=1S/C20H18N2O5/c1-2-25-19(23)13-26-16-9-5-4-8-15(16)12-21-22-20(24)18-11-14-7-3-6-10-17(14)27-18/h3-12H,2,13H2,1H3,(H,22,24)/b21-12+. The van der Waals surface area contributed by atoms with E-state index in [0.29, 0.717) is 23.5 Å². The molecule has 0 saturated heterocycles. The lowest BCUT2D eigenvalue weighted by atomic mass is 10.2. The first-order chi connectivity index (χ1) is 13.2. The Balaban J connectivity index is 1.63. The average Bonchev–Trinajstić information content (AvgIpc) is 3.12. The molecule has 27 heavy (non-hydrogen) atoms. The molecule has 0 aliphatic rings. The average molecular weight is 366 g/mol. The molecule has 7 heteroatoms. The van der Waals surface area contributed by atoms with Gasteiger partial charge in [0.1, 0.15) is 11.3 Å². The largest absolute Gasteiger partial charge is 0.481 e. The minimum absolute atomic E-state index is 0.167. The summed E-state index contributed by atoms with van der Waals surface area (Å²) >= 11 is 0. The second-order valence-corrected chi connectivity index (χ2v) is 5.48. The summed E-state index contributed by atoms with van der Waals surface area (Å²) in [4.78, 5) is 23.6. The van der Waals surface area contributed by atoms with Gasteiger partial charge in [0.15, 0.2) is 12.4 Å². The number of hydrogen-bond acceptors (Lipinski definition) is 6. The van der Waals surface area contributed by atoms with Crippen molar-refractivity contribution >= 4 is 29.1 Å². The van der Waals surface area contributed by atoms with Gasteiger partial charge in [0.2, 0.25) is 0 Å². The first-order valence-electron chi connectivity index (χ1n) is 8.37. The van der Waals surface area contributed by atoms with Gasteiger partial charge >= 0.3 is 11.9 Å². The van der Waals surface area contributed by atoms with E-state index < -0.39 is 11.9 Å². The third-order valence-corrected chi connectivity index (χ3v) is 3.59. The normalized spacial score (nSPS) is 10.9. The van der Waals surface area contributed by atoms with E-state index in [9.17, 15) is 9.59 Å². The van der Waals surface area contributed by atoms with E-state index in [0.717, 1.165) is 5.39 Å². The topological polar surface area (TPSA) is 90.1 Å². The molecule has 1 aromatic heterocycles. The summed E-state index contributed by atoms with van der Waals surface area (Å²) < 4.78 is 15.7. The molecule has 0 radical (unpaired) electrons. The van der Waals surface area contributed by atoms with Crippen LogP contribution in [-0.2, 0) is 9.53 Å². The zero-order valence-electron chi connectivity index (χ0n) is 14.7. The maximum Gasteiger partial charge on any atom is 0.344 e. The number of carbonyl (C=O) groups is 2. The number of hydrogen-bond donors (Lipinski definition) is 1. The molecular formula is C20H18N2O5. The minimum atomic E-state index is -0.465. The van der Waals surface area contributed by atoms with E-state index >= 15 is 0 Å². The van der Waals surface area contributed by atoms with E-state index in [1.54, 1.807) is 43.3 Å².